The summed E-state index contributed by atoms with van der Waals surface area (Å²) >= 11 is 11.8. The van der Waals surface area contributed by atoms with Crippen molar-refractivity contribution >= 4 is 38.9 Å². The number of benzene rings is 1. The summed E-state index contributed by atoms with van der Waals surface area (Å²) < 4.78 is 27.9. The third-order valence-corrected chi connectivity index (χ3v) is 5.64. The van der Waals surface area contributed by atoms with Crippen molar-refractivity contribution in [3.8, 4) is 5.75 Å². The van der Waals surface area contributed by atoms with Gasteiger partial charge in [0.15, 0.2) is 0 Å². The molecule has 1 aliphatic rings. The zero-order chi connectivity index (χ0) is 18.4. The van der Waals surface area contributed by atoms with E-state index in [0.29, 0.717) is 48.5 Å². The van der Waals surface area contributed by atoms with Gasteiger partial charge in [-0.25, -0.2) is 8.42 Å². The lowest BCUT2D eigenvalue weighted by molar-refractivity contribution is -0.133. The predicted octanol–water partition coefficient (Wildman–Crippen LogP) is 1.95. The van der Waals surface area contributed by atoms with Gasteiger partial charge in [-0.2, -0.15) is 0 Å². The summed E-state index contributed by atoms with van der Waals surface area (Å²) in [6, 6.07) is 4.98. The number of hydrogen-bond donors (Lipinski definition) is 0. The molecule has 0 saturated carbocycles. The number of rotatable bonds is 7. The molecule has 0 spiro atoms. The Morgan fingerprint density at radius 2 is 1.84 bits per heavy atom. The highest BCUT2D eigenvalue weighted by Crippen LogP contribution is 2.26. The Bertz CT molecular complexity index is 704. The second-order valence-electron chi connectivity index (χ2n) is 6.03. The van der Waals surface area contributed by atoms with Crippen molar-refractivity contribution in [2.45, 2.75) is 6.42 Å². The Morgan fingerprint density at radius 3 is 2.44 bits per heavy atom. The van der Waals surface area contributed by atoms with Gasteiger partial charge in [0, 0.05) is 45.0 Å². The maximum atomic E-state index is 12.2. The van der Waals surface area contributed by atoms with Crippen LogP contribution in [0.3, 0.4) is 0 Å². The smallest absolute Gasteiger partial charge is 0.226 e. The highest BCUT2D eigenvalue weighted by molar-refractivity contribution is 7.90. The van der Waals surface area contributed by atoms with E-state index < -0.39 is 9.84 Å². The van der Waals surface area contributed by atoms with E-state index in [1.165, 1.54) is 6.26 Å². The molecule has 1 heterocycles. The summed E-state index contributed by atoms with van der Waals surface area (Å²) in [7, 11) is -2.95. The first-order chi connectivity index (χ1) is 11.7. The van der Waals surface area contributed by atoms with E-state index in [0.717, 1.165) is 0 Å². The highest BCUT2D eigenvalue weighted by atomic mass is 35.5. The molecule has 1 amide bonds. The van der Waals surface area contributed by atoms with Crippen LogP contribution in [0.4, 0.5) is 0 Å². The average Bonchev–Trinajstić information content (AvgIpc) is 2.56. The number of piperazine rings is 1. The van der Waals surface area contributed by atoms with Crippen molar-refractivity contribution in [2.75, 3.05) is 51.3 Å². The van der Waals surface area contributed by atoms with Crippen molar-refractivity contribution in [3.63, 3.8) is 0 Å². The monoisotopic (exact) mass is 408 g/mol. The molecule has 1 aromatic rings. The fraction of sp³-hybridized carbons (Fsp3) is 0.562. The van der Waals surface area contributed by atoms with E-state index in [9.17, 15) is 13.2 Å². The third-order valence-electron chi connectivity index (χ3n) is 3.98. The van der Waals surface area contributed by atoms with Gasteiger partial charge in [-0.15, -0.1) is 0 Å². The lowest BCUT2D eigenvalue weighted by Crippen LogP contribution is -2.49. The number of ether oxygens (including phenoxy) is 1. The van der Waals surface area contributed by atoms with Crippen LogP contribution in [0.1, 0.15) is 6.42 Å². The summed E-state index contributed by atoms with van der Waals surface area (Å²) in [4.78, 5) is 16.1. The van der Waals surface area contributed by atoms with Crippen LogP contribution in [0.2, 0.25) is 10.0 Å². The fourth-order valence-electron chi connectivity index (χ4n) is 2.50. The number of nitrogens with zero attached hydrogens (tertiary/aromatic N) is 2. The Balaban J connectivity index is 1.69. The molecule has 0 N–H and O–H groups in total. The molecule has 25 heavy (non-hydrogen) atoms. The first-order valence-electron chi connectivity index (χ1n) is 8.00. The van der Waals surface area contributed by atoms with Gasteiger partial charge in [-0.05, 0) is 12.1 Å². The van der Waals surface area contributed by atoms with Crippen LogP contribution in [0, 0.1) is 0 Å². The van der Waals surface area contributed by atoms with Gasteiger partial charge >= 0.3 is 0 Å². The van der Waals surface area contributed by atoms with Gasteiger partial charge in [-0.1, -0.05) is 23.2 Å². The van der Waals surface area contributed by atoms with Crippen LogP contribution in [0.15, 0.2) is 18.2 Å². The van der Waals surface area contributed by atoms with Crippen molar-refractivity contribution in [3.05, 3.63) is 28.2 Å². The maximum Gasteiger partial charge on any atom is 0.226 e. The minimum atomic E-state index is -2.95. The topological polar surface area (TPSA) is 66.9 Å². The summed E-state index contributed by atoms with van der Waals surface area (Å²) in [6.45, 7) is 3.38. The van der Waals surface area contributed by atoms with E-state index in [2.05, 4.69) is 4.90 Å². The molecule has 0 radical (unpaired) electrons. The van der Waals surface area contributed by atoms with Crippen molar-refractivity contribution in [1.82, 2.24) is 9.80 Å². The molecule has 0 atom stereocenters. The molecule has 1 saturated heterocycles. The standard InChI is InChI=1S/C16H22Cl2N2O4S/c1-25(22,23)11-9-19-5-7-20(8-6-19)16(21)4-10-24-13-2-3-14(17)15(18)12-13/h2-3,12H,4-11H2,1H3. The predicted molar refractivity (Wildman–Crippen MR) is 99.3 cm³/mol. The van der Waals surface area contributed by atoms with E-state index >= 15 is 0 Å². The first-order valence-corrected chi connectivity index (χ1v) is 10.8. The van der Waals surface area contributed by atoms with Gasteiger partial charge < -0.3 is 9.64 Å². The number of hydrogen-bond acceptors (Lipinski definition) is 5. The average molecular weight is 409 g/mol. The largest absolute Gasteiger partial charge is 0.493 e. The molecule has 140 valence electrons. The maximum absolute atomic E-state index is 12.2. The minimum Gasteiger partial charge on any atom is -0.493 e. The molecule has 6 nitrogen and oxygen atoms in total. The molecule has 0 unspecified atom stereocenters. The molecule has 0 bridgehead atoms. The molecule has 9 heteroatoms. The molecule has 1 aliphatic heterocycles. The van der Waals surface area contributed by atoms with Gasteiger partial charge in [0.05, 0.1) is 28.8 Å². The van der Waals surface area contributed by atoms with Gasteiger partial charge in [-0.3, -0.25) is 9.69 Å². The number of halogens is 2. The molecular formula is C16H22Cl2N2O4S. The Labute approximate surface area is 158 Å². The van der Waals surface area contributed by atoms with Crippen LogP contribution in [0.5, 0.6) is 5.75 Å². The van der Waals surface area contributed by atoms with Crippen LogP contribution in [-0.4, -0.2) is 75.5 Å². The van der Waals surface area contributed by atoms with Crippen molar-refractivity contribution in [1.29, 1.82) is 0 Å². The Hall–Kier alpha value is -1.02. The summed E-state index contributed by atoms with van der Waals surface area (Å²) in [6.07, 6.45) is 1.52. The first kappa shape index (κ1) is 20.3. The van der Waals surface area contributed by atoms with E-state index in [4.69, 9.17) is 27.9 Å². The Morgan fingerprint density at radius 1 is 1.16 bits per heavy atom. The van der Waals surface area contributed by atoms with Gasteiger partial charge in [0.25, 0.3) is 0 Å². The second-order valence-corrected chi connectivity index (χ2v) is 9.10. The quantitative estimate of drug-likeness (QED) is 0.689. The van der Waals surface area contributed by atoms with E-state index in [1.54, 1.807) is 23.1 Å². The van der Waals surface area contributed by atoms with Crippen molar-refractivity contribution < 1.29 is 17.9 Å². The number of carbonyl (C=O) groups excluding carboxylic acids is 1. The van der Waals surface area contributed by atoms with Crippen molar-refractivity contribution in [2.24, 2.45) is 0 Å². The van der Waals surface area contributed by atoms with Crippen LogP contribution < -0.4 is 4.74 Å². The van der Waals surface area contributed by atoms with Gasteiger partial charge in [0.2, 0.25) is 5.91 Å². The molecule has 2 rings (SSSR count). The number of sulfone groups is 1. The molecule has 1 fully saturated rings. The molecule has 0 aliphatic carbocycles. The SMILES string of the molecule is CS(=O)(=O)CCN1CCN(C(=O)CCOc2ccc(Cl)c(Cl)c2)CC1. The summed E-state index contributed by atoms with van der Waals surface area (Å²) in [5.74, 6) is 0.758. The zero-order valence-electron chi connectivity index (χ0n) is 14.1. The van der Waals surface area contributed by atoms with E-state index in [1.807, 2.05) is 0 Å². The normalized spacial score (nSPS) is 16.0. The van der Waals surface area contributed by atoms with Crippen LogP contribution in [0.25, 0.3) is 0 Å². The summed E-state index contributed by atoms with van der Waals surface area (Å²) in [5, 5.41) is 0.870. The lowest BCUT2D eigenvalue weighted by Gasteiger charge is -2.34. The lowest BCUT2D eigenvalue weighted by atomic mass is 10.3. The zero-order valence-corrected chi connectivity index (χ0v) is 16.4. The fourth-order valence-corrected chi connectivity index (χ4v) is 3.37. The second kappa shape index (κ2) is 9.07. The van der Waals surface area contributed by atoms with Crippen LogP contribution >= 0.6 is 23.2 Å². The van der Waals surface area contributed by atoms with Gasteiger partial charge in [0.1, 0.15) is 15.6 Å². The molecular weight excluding hydrogens is 387 g/mol. The molecule has 1 aromatic carbocycles. The summed E-state index contributed by atoms with van der Waals surface area (Å²) in [5.41, 5.74) is 0. The minimum absolute atomic E-state index is 0.0304. The highest BCUT2D eigenvalue weighted by Gasteiger charge is 2.21. The molecule has 0 aromatic heterocycles. The third kappa shape index (κ3) is 7.01. The number of amides is 1. The number of carbonyl (C=O) groups is 1. The van der Waals surface area contributed by atoms with E-state index in [-0.39, 0.29) is 24.7 Å². The Kier molecular flexibility index (Phi) is 7.37. The van der Waals surface area contributed by atoms with Crippen LogP contribution in [-0.2, 0) is 14.6 Å².